The van der Waals surface area contributed by atoms with Crippen LogP contribution in [0.25, 0.3) is 0 Å². The molecule has 0 aromatic carbocycles. The highest BCUT2D eigenvalue weighted by Gasteiger charge is 2.28. The van der Waals surface area contributed by atoms with Crippen molar-refractivity contribution in [2.75, 3.05) is 0 Å². The van der Waals surface area contributed by atoms with Gasteiger partial charge in [0.25, 0.3) is 0 Å². The van der Waals surface area contributed by atoms with E-state index in [1.807, 2.05) is 0 Å². The number of rotatable bonds is 2. The molecule has 1 aliphatic rings. The van der Waals surface area contributed by atoms with Crippen LogP contribution in [0.2, 0.25) is 0 Å². The Labute approximate surface area is 71.7 Å². The predicted molar refractivity (Wildman–Crippen MR) is 44.7 cm³/mol. The van der Waals surface area contributed by atoms with Crippen molar-refractivity contribution >= 4 is 5.97 Å². The van der Waals surface area contributed by atoms with Gasteiger partial charge >= 0.3 is 5.97 Å². The summed E-state index contributed by atoms with van der Waals surface area (Å²) in [5.74, 6) is -1.21. The number of carboxylic acid groups (broad SMARTS) is 1. The first kappa shape index (κ1) is 9.26. The zero-order valence-corrected chi connectivity index (χ0v) is 6.99. The second-order valence-electron chi connectivity index (χ2n) is 3.29. The first-order valence-corrected chi connectivity index (χ1v) is 4.23. The van der Waals surface area contributed by atoms with Crippen LogP contribution in [0.4, 0.5) is 0 Å². The van der Waals surface area contributed by atoms with E-state index < -0.39 is 12.1 Å². The molecule has 0 aromatic heterocycles. The van der Waals surface area contributed by atoms with Crippen molar-refractivity contribution in [1.82, 2.24) is 0 Å². The van der Waals surface area contributed by atoms with Crippen molar-refractivity contribution in [3.05, 3.63) is 12.2 Å². The highest BCUT2D eigenvalue weighted by molar-refractivity contribution is 5.86. The lowest BCUT2D eigenvalue weighted by Gasteiger charge is -2.27. The van der Waals surface area contributed by atoms with Gasteiger partial charge in [0, 0.05) is 11.5 Å². The number of hydrogen-bond donors (Lipinski definition) is 2. The van der Waals surface area contributed by atoms with Crippen molar-refractivity contribution in [1.29, 1.82) is 0 Å². The molecule has 1 fully saturated rings. The van der Waals surface area contributed by atoms with E-state index in [0.717, 1.165) is 19.3 Å². The molecule has 2 N–H and O–H groups in total. The third-order valence-corrected chi connectivity index (χ3v) is 2.45. The van der Waals surface area contributed by atoms with Gasteiger partial charge in [-0.05, 0) is 12.8 Å². The number of hydrogen-bond acceptors (Lipinski definition) is 2. The minimum atomic E-state index is -0.985. The molecule has 0 bridgehead atoms. The first-order chi connectivity index (χ1) is 5.63. The SMILES string of the molecule is C=C(C(=O)O)C1CCCCC1O. The highest BCUT2D eigenvalue weighted by atomic mass is 16.4. The fourth-order valence-corrected chi connectivity index (χ4v) is 1.68. The summed E-state index contributed by atoms with van der Waals surface area (Å²) in [6.45, 7) is 3.47. The smallest absolute Gasteiger partial charge is 0.331 e. The molecule has 1 rings (SSSR count). The normalized spacial score (nSPS) is 29.8. The minimum absolute atomic E-state index is 0.155. The number of aliphatic carboxylic acids is 1. The fraction of sp³-hybridized carbons (Fsp3) is 0.667. The molecule has 2 unspecified atom stereocenters. The van der Waals surface area contributed by atoms with E-state index in [-0.39, 0.29) is 11.5 Å². The molecule has 3 nitrogen and oxygen atoms in total. The summed E-state index contributed by atoms with van der Waals surface area (Å²) in [6, 6.07) is 0. The number of aliphatic hydroxyl groups excluding tert-OH is 1. The number of carboxylic acids is 1. The number of aliphatic hydroxyl groups is 1. The minimum Gasteiger partial charge on any atom is -0.478 e. The Balaban J connectivity index is 2.59. The Hall–Kier alpha value is -0.830. The maximum absolute atomic E-state index is 10.5. The van der Waals surface area contributed by atoms with Gasteiger partial charge < -0.3 is 10.2 Å². The summed E-state index contributed by atoms with van der Waals surface area (Å²) in [4.78, 5) is 10.5. The van der Waals surface area contributed by atoms with E-state index in [1.54, 1.807) is 0 Å². The summed E-state index contributed by atoms with van der Waals surface area (Å²) in [7, 11) is 0. The molecule has 0 heterocycles. The maximum atomic E-state index is 10.5. The van der Waals surface area contributed by atoms with Gasteiger partial charge in [-0.2, -0.15) is 0 Å². The maximum Gasteiger partial charge on any atom is 0.331 e. The van der Waals surface area contributed by atoms with Gasteiger partial charge in [-0.1, -0.05) is 19.4 Å². The number of carbonyl (C=O) groups is 1. The molecule has 12 heavy (non-hydrogen) atoms. The monoisotopic (exact) mass is 170 g/mol. The second kappa shape index (κ2) is 3.72. The lowest BCUT2D eigenvalue weighted by atomic mass is 9.82. The van der Waals surface area contributed by atoms with Crippen molar-refractivity contribution in [3.8, 4) is 0 Å². The molecule has 3 heteroatoms. The first-order valence-electron chi connectivity index (χ1n) is 4.23. The largest absolute Gasteiger partial charge is 0.478 e. The summed E-state index contributed by atoms with van der Waals surface area (Å²) >= 11 is 0. The third kappa shape index (κ3) is 1.85. The van der Waals surface area contributed by atoms with Crippen molar-refractivity contribution < 1.29 is 15.0 Å². The standard InChI is InChI=1S/C9H14O3/c1-6(9(11)12)7-4-2-3-5-8(7)10/h7-8,10H,1-5H2,(H,11,12). The fourth-order valence-electron chi connectivity index (χ4n) is 1.68. The van der Waals surface area contributed by atoms with Crippen LogP contribution in [0.3, 0.4) is 0 Å². The van der Waals surface area contributed by atoms with E-state index >= 15 is 0 Å². The van der Waals surface area contributed by atoms with E-state index in [4.69, 9.17) is 5.11 Å². The average molecular weight is 170 g/mol. The molecule has 1 aliphatic carbocycles. The van der Waals surface area contributed by atoms with Crippen LogP contribution >= 0.6 is 0 Å². The van der Waals surface area contributed by atoms with Gasteiger partial charge in [-0.15, -0.1) is 0 Å². The quantitative estimate of drug-likeness (QED) is 0.612. The van der Waals surface area contributed by atoms with E-state index in [0.29, 0.717) is 6.42 Å². The molecule has 0 amide bonds. The molecule has 0 radical (unpaired) electrons. The van der Waals surface area contributed by atoms with Crippen LogP contribution < -0.4 is 0 Å². The van der Waals surface area contributed by atoms with Gasteiger partial charge in [-0.25, -0.2) is 4.79 Å². The van der Waals surface area contributed by atoms with E-state index in [9.17, 15) is 9.90 Å². The van der Waals surface area contributed by atoms with Gasteiger partial charge in [0.15, 0.2) is 0 Å². The predicted octanol–water partition coefficient (Wildman–Crippen LogP) is 1.18. The lowest BCUT2D eigenvalue weighted by molar-refractivity contribution is -0.134. The third-order valence-electron chi connectivity index (χ3n) is 2.45. The average Bonchev–Trinajstić information content (AvgIpc) is 2.04. The van der Waals surface area contributed by atoms with Crippen LogP contribution in [0.5, 0.6) is 0 Å². The van der Waals surface area contributed by atoms with Gasteiger partial charge in [-0.3, -0.25) is 0 Å². The Bertz CT molecular complexity index is 198. The topological polar surface area (TPSA) is 57.5 Å². The lowest BCUT2D eigenvalue weighted by Crippen LogP contribution is -2.28. The molecule has 0 saturated heterocycles. The summed E-state index contributed by atoms with van der Waals surface area (Å²) in [5.41, 5.74) is 0.155. The molecule has 2 atom stereocenters. The van der Waals surface area contributed by atoms with Crippen LogP contribution in [0.1, 0.15) is 25.7 Å². The van der Waals surface area contributed by atoms with Gasteiger partial charge in [0.05, 0.1) is 6.10 Å². The molecule has 0 aromatic rings. The molecule has 0 aliphatic heterocycles. The van der Waals surface area contributed by atoms with Crippen LogP contribution in [-0.4, -0.2) is 22.3 Å². The van der Waals surface area contributed by atoms with Crippen molar-refractivity contribution in [3.63, 3.8) is 0 Å². The Morgan fingerprint density at radius 1 is 1.33 bits per heavy atom. The summed E-state index contributed by atoms with van der Waals surface area (Å²) in [5, 5.41) is 18.1. The molecular formula is C9H14O3. The molecule has 0 spiro atoms. The van der Waals surface area contributed by atoms with Crippen LogP contribution in [0.15, 0.2) is 12.2 Å². The summed E-state index contributed by atoms with van der Waals surface area (Å²) in [6.07, 6.45) is 2.95. The molecule has 1 saturated carbocycles. The van der Waals surface area contributed by atoms with Gasteiger partial charge in [0.2, 0.25) is 0 Å². The van der Waals surface area contributed by atoms with Crippen LogP contribution in [-0.2, 0) is 4.79 Å². The Morgan fingerprint density at radius 2 is 1.92 bits per heavy atom. The zero-order valence-electron chi connectivity index (χ0n) is 6.99. The van der Waals surface area contributed by atoms with Crippen molar-refractivity contribution in [2.45, 2.75) is 31.8 Å². The zero-order chi connectivity index (χ0) is 9.14. The highest BCUT2D eigenvalue weighted by Crippen LogP contribution is 2.29. The Kier molecular flexibility index (Phi) is 2.87. The Morgan fingerprint density at radius 3 is 2.42 bits per heavy atom. The van der Waals surface area contributed by atoms with Crippen molar-refractivity contribution in [2.24, 2.45) is 5.92 Å². The van der Waals surface area contributed by atoms with Gasteiger partial charge in [0.1, 0.15) is 0 Å². The molecular weight excluding hydrogens is 156 g/mol. The van der Waals surface area contributed by atoms with E-state index in [2.05, 4.69) is 6.58 Å². The molecule has 68 valence electrons. The van der Waals surface area contributed by atoms with E-state index in [1.165, 1.54) is 0 Å². The summed E-state index contributed by atoms with van der Waals surface area (Å²) < 4.78 is 0. The van der Waals surface area contributed by atoms with Crippen LogP contribution in [0, 0.1) is 5.92 Å². The second-order valence-corrected chi connectivity index (χ2v) is 3.29.